The predicted molar refractivity (Wildman–Crippen MR) is 62.5 cm³/mol. The average Bonchev–Trinajstić information content (AvgIpc) is 2.65. The minimum atomic E-state index is -0.330. The largest absolute Gasteiger partial charge is 0.466 e. The van der Waals surface area contributed by atoms with E-state index in [0.717, 1.165) is 44.2 Å². The second-order valence-electron chi connectivity index (χ2n) is 4.42. The number of furan rings is 1. The highest BCUT2D eigenvalue weighted by atomic mass is 16.3. The van der Waals surface area contributed by atoms with Crippen LogP contribution < -0.4 is 5.32 Å². The minimum absolute atomic E-state index is 0.330. The van der Waals surface area contributed by atoms with Crippen molar-refractivity contribution >= 4 is 0 Å². The molecule has 1 atom stereocenters. The van der Waals surface area contributed by atoms with Crippen molar-refractivity contribution in [2.75, 3.05) is 32.7 Å². The summed E-state index contributed by atoms with van der Waals surface area (Å²) in [5.74, 6) is 1.78. The van der Waals surface area contributed by atoms with E-state index >= 15 is 0 Å². The molecular formula is C12H20N2O2. The van der Waals surface area contributed by atoms with Crippen molar-refractivity contribution in [2.45, 2.75) is 19.4 Å². The van der Waals surface area contributed by atoms with Crippen LogP contribution in [-0.4, -0.2) is 48.8 Å². The van der Waals surface area contributed by atoms with Gasteiger partial charge in [-0.05, 0) is 19.1 Å². The molecule has 1 unspecified atom stereocenters. The van der Waals surface area contributed by atoms with E-state index in [1.807, 2.05) is 19.1 Å². The summed E-state index contributed by atoms with van der Waals surface area (Å²) in [5, 5.41) is 13.2. The highest BCUT2D eigenvalue weighted by Gasteiger charge is 2.15. The Morgan fingerprint density at radius 1 is 1.44 bits per heavy atom. The summed E-state index contributed by atoms with van der Waals surface area (Å²) in [4.78, 5) is 2.29. The van der Waals surface area contributed by atoms with Gasteiger partial charge in [0.15, 0.2) is 0 Å². The fourth-order valence-corrected chi connectivity index (χ4v) is 2.08. The van der Waals surface area contributed by atoms with Gasteiger partial charge in [0, 0.05) is 39.1 Å². The van der Waals surface area contributed by atoms with Gasteiger partial charge in [-0.25, -0.2) is 0 Å². The molecule has 16 heavy (non-hydrogen) atoms. The number of aliphatic hydroxyl groups excluding tert-OH is 1. The molecule has 4 nitrogen and oxygen atoms in total. The summed E-state index contributed by atoms with van der Waals surface area (Å²) in [7, 11) is 0. The lowest BCUT2D eigenvalue weighted by Crippen LogP contribution is -2.46. The van der Waals surface area contributed by atoms with Crippen molar-refractivity contribution in [3.63, 3.8) is 0 Å². The van der Waals surface area contributed by atoms with Gasteiger partial charge in [-0.1, -0.05) is 0 Å². The van der Waals surface area contributed by atoms with E-state index in [1.165, 1.54) is 0 Å². The Hall–Kier alpha value is -0.840. The minimum Gasteiger partial charge on any atom is -0.466 e. The maximum Gasteiger partial charge on any atom is 0.106 e. The van der Waals surface area contributed by atoms with Gasteiger partial charge >= 0.3 is 0 Å². The van der Waals surface area contributed by atoms with E-state index < -0.39 is 0 Å². The Morgan fingerprint density at radius 3 is 2.81 bits per heavy atom. The molecule has 0 aromatic carbocycles. The van der Waals surface area contributed by atoms with Gasteiger partial charge in [0.1, 0.15) is 11.5 Å². The third-order valence-electron chi connectivity index (χ3n) is 2.91. The molecule has 1 aliphatic rings. The summed E-state index contributed by atoms with van der Waals surface area (Å²) in [6.45, 7) is 6.75. The lowest BCUT2D eigenvalue weighted by molar-refractivity contribution is 0.101. The van der Waals surface area contributed by atoms with Crippen molar-refractivity contribution in [1.82, 2.24) is 10.2 Å². The molecule has 2 heterocycles. The van der Waals surface area contributed by atoms with Gasteiger partial charge < -0.3 is 14.8 Å². The Morgan fingerprint density at radius 2 is 2.19 bits per heavy atom. The van der Waals surface area contributed by atoms with Crippen LogP contribution in [0.3, 0.4) is 0 Å². The lowest BCUT2D eigenvalue weighted by Gasteiger charge is -2.28. The van der Waals surface area contributed by atoms with E-state index in [4.69, 9.17) is 4.42 Å². The molecule has 0 spiro atoms. The molecule has 0 aliphatic carbocycles. The van der Waals surface area contributed by atoms with Crippen LogP contribution in [0.4, 0.5) is 0 Å². The van der Waals surface area contributed by atoms with Crippen molar-refractivity contribution in [2.24, 2.45) is 0 Å². The summed E-state index contributed by atoms with van der Waals surface area (Å²) in [6.07, 6.45) is 0.279. The number of β-amino-alcohol motifs (C(OH)–C–C–N with tert-alkyl or cyclic N) is 1. The van der Waals surface area contributed by atoms with Gasteiger partial charge in [0.2, 0.25) is 0 Å². The summed E-state index contributed by atoms with van der Waals surface area (Å²) in [6, 6.07) is 3.88. The Kier molecular flexibility index (Phi) is 3.98. The number of hydrogen-bond acceptors (Lipinski definition) is 4. The van der Waals surface area contributed by atoms with Crippen molar-refractivity contribution in [3.8, 4) is 0 Å². The molecule has 0 radical (unpaired) electrons. The SMILES string of the molecule is Cc1ccc(CC(O)CN2CCNCC2)o1. The number of nitrogens with zero attached hydrogens (tertiary/aromatic N) is 1. The molecule has 4 heteroatoms. The molecule has 1 saturated heterocycles. The lowest BCUT2D eigenvalue weighted by atomic mass is 10.2. The number of piperazine rings is 1. The maximum absolute atomic E-state index is 9.94. The van der Waals surface area contributed by atoms with Gasteiger partial charge in [0.05, 0.1) is 6.10 Å². The number of hydrogen-bond donors (Lipinski definition) is 2. The Balaban J connectivity index is 1.77. The zero-order chi connectivity index (χ0) is 11.4. The molecule has 1 aliphatic heterocycles. The number of aliphatic hydroxyl groups is 1. The van der Waals surface area contributed by atoms with Crippen LogP contribution >= 0.6 is 0 Å². The maximum atomic E-state index is 9.94. The van der Waals surface area contributed by atoms with Crippen LogP contribution in [0.15, 0.2) is 16.5 Å². The molecule has 2 rings (SSSR count). The monoisotopic (exact) mass is 224 g/mol. The van der Waals surface area contributed by atoms with Gasteiger partial charge in [-0.15, -0.1) is 0 Å². The van der Waals surface area contributed by atoms with Gasteiger partial charge in [-0.3, -0.25) is 4.90 Å². The van der Waals surface area contributed by atoms with Crippen LogP contribution in [-0.2, 0) is 6.42 Å². The molecule has 0 amide bonds. The van der Waals surface area contributed by atoms with E-state index in [-0.39, 0.29) is 6.10 Å². The fraction of sp³-hybridized carbons (Fsp3) is 0.667. The molecule has 1 aromatic heterocycles. The van der Waals surface area contributed by atoms with Crippen LogP contribution in [0.5, 0.6) is 0 Å². The van der Waals surface area contributed by atoms with Crippen LogP contribution in [0.25, 0.3) is 0 Å². The zero-order valence-electron chi connectivity index (χ0n) is 9.78. The number of aryl methyl sites for hydroxylation is 1. The summed E-state index contributed by atoms with van der Waals surface area (Å²) < 4.78 is 5.45. The Bertz CT molecular complexity index is 319. The second-order valence-corrected chi connectivity index (χ2v) is 4.42. The molecular weight excluding hydrogens is 204 g/mol. The average molecular weight is 224 g/mol. The van der Waals surface area contributed by atoms with E-state index in [2.05, 4.69) is 10.2 Å². The first-order valence-electron chi connectivity index (χ1n) is 5.90. The second kappa shape index (κ2) is 5.48. The Labute approximate surface area is 96.2 Å². The van der Waals surface area contributed by atoms with Crippen molar-refractivity contribution < 1.29 is 9.52 Å². The molecule has 0 bridgehead atoms. The first kappa shape index (κ1) is 11.6. The quantitative estimate of drug-likeness (QED) is 0.777. The van der Waals surface area contributed by atoms with Crippen molar-refractivity contribution in [3.05, 3.63) is 23.7 Å². The van der Waals surface area contributed by atoms with Gasteiger partial charge in [-0.2, -0.15) is 0 Å². The van der Waals surface area contributed by atoms with Crippen LogP contribution in [0, 0.1) is 6.92 Å². The third-order valence-corrected chi connectivity index (χ3v) is 2.91. The molecule has 1 aromatic rings. The standard InChI is InChI=1S/C12H20N2O2/c1-10-2-3-12(16-10)8-11(15)9-14-6-4-13-5-7-14/h2-3,11,13,15H,4-9H2,1H3. The molecule has 1 fully saturated rings. The van der Waals surface area contributed by atoms with Crippen LogP contribution in [0.2, 0.25) is 0 Å². The first-order chi connectivity index (χ1) is 7.74. The van der Waals surface area contributed by atoms with E-state index in [0.29, 0.717) is 6.42 Å². The predicted octanol–water partition coefficient (Wildman–Crippen LogP) is 0.397. The number of rotatable bonds is 4. The molecule has 2 N–H and O–H groups in total. The van der Waals surface area contributed by atoms with E-state index in [1.54, 1.807) is 0 Å². The fourth-order valence-electron chi connectivity index (χ4n) is 2.08. The summed E-state index contributed by atoms with van der Waals surface area (Å²) >= 11 is 0. The van der Waals surface area contributed by atoms with Crippen LogP contribution in [0.1, 0.15) is 11.5 Å². The zero-order valence-corrected chi connectivity index (χ0v) is 9.78. The van der Waals surface area contributed by atoms with E-state index in [9.17, 15) is 5.11 Å². The topological polar surface area (TPSA) is 48.6 Å². The highest BCUT2D eigenvalue weighted by molar-refractivity contribution is 5.06. The van der Waals surface area contributed by atoms with Crippen molar-refractivity contribution in [1.29, 1.82) is 0 Å². The smallest absolute Gasteiger partial charge is 0.106 e. The summed E-state index contributed by atoms with van der Waals surface area (Å²) in [5.41, 5.74) is 0. The molecule has 90 valence electrons. The number of nitrogens with one attached hydrogen (secondary N) is 1. The normalized spacial score (nSPS) is 19.9. The van der Waals surface area contributed by atoms with Gasteiger partial charge in [0.25, 0.3) is 0 Å². The highest BCUT2D eigenvalue weighted by Crippen LogP contribution is 2.09. The first-order valence-corrected chi connectivity index (χ1v) is 5.90. The molecule has 0 saturated carbocycles. The third kappa shape index (κ3) is 3.33.